The molecule has 3 aromatic rings. The molecular weight excluding hydrogens is 292 g/mol. The topological polar surface area (TPSA) is 59.7 Å². The maximum absolute atomic E-state index is 12.7. The van der Waals surface area contributed by atoms with Gasteiger partial charge >= 0.3 is 0 Å². The van der Waals surface area contributed by atoms with E-state index in [0.717, 1.165) is 12.2 Å². The van der Waals surface area contributed by atoms with Crippen molar-refractivity contribution in [2.24, 2.45) is 0 Å². The zero-order valence-corrected chi connectivity index (χ0v) is 12.5. The fraction of sp³-hybridized carbons (Fsp3) is 0.235. The lowest BCUT2D eigenvalue weighted by molar-refractivity contribution is 0.0768. The van der Waals surface area contributed by atoms with Gasteiger partial charge in [-0.3, -0.25) is 4.79 Å². The minimum absolute atomic E-state index is 0.0147. The highest BCUT2D eigenvalue weighted by Gasteiger charge is 2.30. The molecule has 0 saturated carbocycles. The fourth-order valence-electron chi connectivity index (χ4n) is 2.86. The summed E-state index contributed by atoms with van der Waals surface area (Å²) < 4.78 is 7.73. The van der Waals surface area contributed by atoms with E-state index >= 15 is 0 Å². The van der Waals surface area contributed by atoms with Crippen LogP contribution in [0.4, 0.5) is 0 Å². The third-order valence-corrected chi connectivity index (χ3v) is 3.99. The Bertz CT molecular complexity index is 831. The molecule has 0 aliphatic carbocycles. The summed E-state index contributed by atoms with van der Waals surface area (Å²) in [4.78, 5) is 22.9. The van der Waals surface area contributed by atoms with Gasteiger partial charge < -0.3 is 14.0 Å². The second-order valence-electron chi connectivity index (χ2n) is 5.53. The first kappa shape index (κ1) is 13.8. The minimum Gasteiger partial charge on any atom is -0.489 e. The van der Waals surface area contributed by atoms with Gasteiger partial charge in [-0.05, 0) is 12.1 Å². The molecule has 0 N–H and O–H groups in total. The molecule has 2 aromatic heterocycles. The molecule has 1 atom stereocenters. The van der Waals surface area contributed by atoms with Crippen molar-refractivity contribution in [2.75, 3.05) is 13.1 Å². The van der Waals surface area contributed by atoms with Gasteiger partial charge in [-0.15, -0.1) is 0 Å². The smallest absolute Gasteiger partial charge is 0.276 e. The summed E-state index contributed by atoms with van der Waals surface area (Å²) in [6, 6.07) is 9.69. The molecule has 1 amide bonds. The van der Waals surface area contributed by atoms with Crippen molar-refractivity contribution in [1.82, 2.24) is 19.3 Å². The van der Waals surface area contributed by atoms with E-state index in [9.17, 15) is 4.79 Å². The Hall–Kier alpha value is -2.89. The van der Waals surface area contributed by atoms with Crippen LogP contribution in [0.2, 0.25) is 0 Å². The molecule has 1 aliphatic rings. The largest absolute Gasteiger partial charge is 0.489 e. The summed E-state index contributed by atoms with van der Waals surface area (Å²) >= 11 is 0. The van der Waals surface area contributed by atoms with Crippen LogP contribution >= 0.6 is 0 Å². The van der Waals surface area contributed by atoms with Crippen molar-refractivity contribution in [3.05, 3.63) is 60.8 Å². The Morgan fingerprint density at radius 1 is 1.13 bits per heavy atom. The number of imidazole rings is 1. The summed E-state index contributed by atoms with van der Waals surface area (Å²) in [7, 11) is 0. The molecule has 0 radical (unpaired) electrons. The number of rotatable bonds is 3. The number of para-hydroxylation sites is 1. The highest BCUT2D eigenvalue weighted by atomic mass is 16.5. The van der Waals surface area contributed by atoms with Crippen molar-refractivity contribution in [1.29, 1.82) is 0 Å². The van der Waals surface area contributed by atoms with Gasteiger partial charge in [0.25, 0.3) is 5.91 Å². The van der Waals surface area contributed by atoms with E-state index in [-0.39, 0.29) is 12.0 Å². The maximum Gasteiger partial charge on any atom is 0.276 e. The number of carbonyl (C=O) groups excluding carboxylic acids is 1. The summed E-state index contributed by atoms with van der Waals surface area (Å²) in [6.07, 6.45) is 7.71. The van der Waals surface area contributed by atoms with Crippen LogP contribution in [-0.2, 0) is 0 Å². The molecule has 0 spiro atoms. The van der Waals surface area contributed by atoms with Crippen LogP contribution in [0.3, 0.4) is 0 Å². The van der Waals surface area contributed by atoms with E-state index in [2.05, 4.69) is 9.97 Å². The van der Waals surface area contributed by atoms with Gasteiger partial charge in [-0.1, -0.05) is 18.2 Å². The second kappa shape index (κ2) is 5.72. The predicted molar refractivity (Wildman–Crippen MR) is 84.4 cm³/mol. The lowest BCUT2D eigenvalue weighted by Gasteiger charge is -2.17. The third-order valence-electron chi connectivity index (χ3n) is 3.99. The average Bonchev–Trinajstić information content (AvgIpc) is 3.24. The van der Waals surface area contributed by atoms with Crippen molar-refractivity contribution < 1.29 is 9.53 Å². The van der Waals surface area contributed by atoms with Crippen LogP contribution in [0.25, 0.3) is 5.65 Å². The van der Waals surface area contributed by atoms with Gasteiger partial charge in [0.05, 0.1) is 6.54 Å². The standard InChI is InChI=1S/C17H16N4O2/c22-17(15-16-19-8-11-20(16)10-7-18-15)21-9-6-14(12-21)23-13-4-2-1-3-5-13/h1-5,7-8,10-11,14H,6,9,12H2/t14-/m1/s1. The summed E-state index contributed by atoms with van der Waals surface area (Å²) in [5, 5.41) is 0. The summed E-state index contributed by atoms with van der Waals surface area (Å²) in [6.45, 7) is 1.23. The molecular formula is C17H16N4O2. The van der Waals surface area contributed by atoms with Crippen molar-refractivity contribution in [2.45, 2.75) is 12.5 Å². The summed E-state index contributed by atoms with van der Waals surface area (Å²) in [5.74, 6) is 0.737. The Balaban J connectivity index is 1.49. The SMILES string of the molecule is O=C(c1nccn2ccnc12)N1CC[C@@H](Oc2ccccc2)C1. The van der Waals surface area contributed by atoms with Gasteiger partial charge in [0.1, 0.15) is 11.9 Å². The van der Waals surface area contributed by atoms with Gasteiger partial charge in [0.15, 0.2) is 11.3 Å². The van der Waals surface area contributed by atoms with Gasteiger partial charge in [0, 0.05) is 37.8 Å². The lowest BCUT2D eigenvalue weighted by atomic mass is 10.3. The number of ether oxygens (including phenoxy) is 1. The minimum atomic E-state index is -0.0963. The number of carbonyl (C=O) groups is 1. The number of amides is 1. The first-order valence-electron chi connectivity index (χ1n) is 7.60. The number of aromatic nitrogens is 3. The molecule has 1 aliphatic heterocycles. The summed E-state index contributed by atoms with van der Waals surface area (Å²) in [5.41, 5.74) is 0.975. The number of hydrogen-bond donors (Lipinski definition) is 0. The molecule has 6 heteroatoms. The van der Waals surface area contributed by atoms with E-state index in [0.29, 0.717) is 24.4 Å². The number of benzene rings is 1. The molecule has 6 nitrogen and oxygen atoms in total. The normalized spacial score (nSPS) is 17.6. The number of hydrogen-bond acceptors (Lipinski definition) is 4. The monoisotopic (exact) mass is 308 g/mol. The first-order valence-corrected chi connectivity index (χ1v) is 7.60. The van der Waals surface area contributed by atoms with Gasteiger partial charge in [0.2, 0.25) is 0 Å². The second-order valence-corrected chi connectivity index (χ2v) is 5.53. The van der Waals surface area contributed by atoms with Crippen LogP contribution < -0.4 is 4.74 Å². The van der Waals surface area contributed by atoms with Crippen LogP contribution in [0.1, 0.15) is 16.9 Å². The Morgan fingerprint density at radius 2 is 1.91 bits per heavy atom. The van der Waals surface area contributed by atoms with Crippen LogP contribution in [0.15, 0.2) is 55.1 Å². The number of fused-ring (bicyclic) bond motifs is 1. The fourth-order valence-corrected chi connectivity index (χ4v) is 2.86. The average molecular weight is 308 g/mol. The highest BCUT2D eigenvalue weighted by molar-refractivity contribution is 5.97. The van der Waals surface area contributed by atoms with Crippen LogP contribution in [0.5, 0.6) is 5.75 Å². The van der Waals surface area contributed by atoms with E-state index in [1.807, 2.05) is 30.3 Å². The third kappa shape index (κ3) is 2.63. The zero-order chi connectivity index (χ0) is 15.6. The van der Waals surface area contributed by atoms with E-state index in [4.69, 9.17) is 4.74 Å². The van der Waals surface area contributed by atoms with Crippen LogP contribution in [0, 0.1) is 0 Å². The number of likely N-dealkylation sites (tertiary alicyclic amines) is 1. The zero-order valence-electron chi connectivity index (χ0n) is 12.5. The Labute approximate surface area is 133 Å². The van der Waals surface area contributed by atoms with E-state index in [1.54, 1.807) is 34.1 Å². The Morgan fingerprint density at radius 3 is 2.74 bits per heavy atom. The predicted octanol–water partition coefficient (Wildman–Crippen LogP) is 2.02. The molecule has 1 aromatic carbocycles. The molecule has 23 heavy (non-hydrogen) atoms. The quantitative estimate of drug-likeness (QED) is 0.743. The van der Waals surface area contributed by atoms with Gasteiger partial charge in [-0.25, -0.2) is 9.97 Å². The van der Waals surface area contributed by atoms with Crippen molar-refractivity contribution in [3.63, 3.8) is 0 Å². The Kier molecular flexibility index (Phi) is 3.42. The van der Waals surface area contributed by atoms with E-state index in [1.165, 1.54) is 0 Å². The first-order chi connectivity index (χ1) is 11.3. The lowest BCUT2D eigenvalue weighted by Crippen LogP contribution is -2.31. The van der Waals surface area contributed by atoms with Crippen molar-refractivity contribution in [3.8, 4) is 5.75 Å². The highest BCUT2D eigenvalue weighted by Crippen LogP contribution is 2.20. The molecule has 3 heterocycles. The maximum atomic E-state index is 12.7. The molecule has 0 bridgehead atoms. The molecule has 0 unspecified atom stereocenters. The molecule has 1 fully saturated rings. The van der Waals surface area contributed by atoms with E-state index < -0.39 is 0 Å². The number of nitrogens with zero attached hydrogens (tertiary/aromatic N) is 4. The molecule has 4 rings (SSSR count). The molecule has 116 valence electrons. The van der Waals surface area contributed by atoms with Gasteiger partial charge in [-0.2, -0.15) is 0 Å². The van der Waals surface area contributed by atoms with Crippen molar-refractivity contribution >= 4 is 11.6 Å². The van der Waals surface area contributed by atoms with Crippen LogP contribution in [-0.4, -0.2) is 44.4 Å². The molecule has 1 saturated heterocycles.